The molecule has 1 unspecified atom stereocenters. The van der Waals surface area contributed by atoms with E-state index in [1.807, 2.05) is 17.2 Å². The summed E-state index contributed by atoms with van der Waals surface area (Å²) in [5, 5.41) is 14.6. The molecule has 1 aromatic carbocycles. The van der Waals surface area contributed by atoms with Gasteiger partial charge in [0.05, 0.1) is 24.2 Å². The van der Waals surface area contributed by atoms with Crippen LogP contribution in [0, 0.1) is 22.0 Å². The van der Waals surface area contributed by atoms with Gasteiger partial charge in [0, 0.05) is 52.2 Å². The SMILES string of the molecule is C=C/C(C1=CC(C(=O)OC)=CN(/C=C\CCC)C1=C)=C(/OCCCC(C)CNc1cc(Br)ccc1[N+](=O)[O-])C(C)C. The maximum atomic E-state index is 12.5. The molecule has 1 N–H and O–H groups in total. The van der Waals surface area contributed by atoms with Crippen molar-refractivity contribution >= 4 is 33.3 Å². The van der Waals surface area contributed by atoms with Gasteiger partial charge in [-0.3, -0.25) is 10.1 Å². The Bertz CT molecular complexity index is 1250. The van der Waals surface area contributed by atoms with Crippen molar-refractivity contribution in [1.82, 2.24) is 4.90 Å². The van der Waals surface area contributed by atoms with Crippen LogP contribution >= 0.6 is 15.9 Å². The van der Waals surface area contributed by atoms with E-state index in [4.69, 9.17) is 9.47 Å². The predicted octanol–water partition coefficient (Wildman–Crippen LogP) is 8.42. The lowest BCUT2D eigenvalue weighted by Gasteiger charge is -2.28. The molecule has 0 aliphatic carbocycles. The molecule has 0 saturated carbocycles. The molecule has 9 heteroatoms. The highest BCUT2D eigenvalue weighted by Crippen LogP contribution is 2.34. The van der Waals surface area contributed by atoms with Crippen molar-refractivity contribution in [3.8, 4) is 0 Å². The van der Waals surface area contributed by atoms with Crippen molar-refractivity contribution in [2.75, 3.05) is 25.6 Å². The number of nitrogens with one attached hydrogen (secondary N) is 1. The van der Waals surface area contributed by atoms with Crippen molar-refractivity contribution in [2.45, 2.75) is 53.4 Å². The van der Waals surface area contributed by atoms with Crippen LogP contribution in [0.4, 0.5) is 11.4 Å². The maximum absolute atomic E-state index is 12.5. The largest absolute Gasteiger partial charge is 0.497 e. The average molecular weight is 629 g/mol. The number of esters is 1. The number of ether oxygens (including phenoxy) is 2. The lowest BCUT2D eigenvalue weighted by atomic mass is 9.93. The molecule has 0 spiro atoms. The number of nitrogens with zero attached hydrogens (tertiary/aromatic N) is 2. The summed E-state index contributed by atoms with van der Waals surface area (Å²) in [6.07, 6.45) is 12.8. The molecule has 2 rings (SSSR count). The molecule has 0 aromatic heterocycles. The van der Waals surface area contributed by atoms with E-state index >= 15 is 0 Å². The van der Waals surface area contributed by atoms with E-state index in [1.165, 1.54) is 13.2 Å². The molecular weight excluding hydrogens is 586 g/mol. The van der Waals surface area contributed by atoms with Crippen LogP contribution in [0.1, 0.15) is 53.4 Å². The van der Waals surface area contributed by atoms with E-state index in [0.717, 1.165) is 47.1 Å². The average Bonchev–Trinajstić information content (AvgIpc) is 2.94. The Kier molecular flexibility index (Phi) is 13.6. The fourth-order valence-corrected chi connectivity index (χ4v) is 4.66. The first-order valence-corrected chi connectivity index (χ1v) is 14.7. The highest BCUT2D eigenvalue weighted by atomic mass is 79.9. The number of allylic oxidation sites excluding steroid dienone is 4. The van der Waals surface area contributed by atoms with E-state index < -0.39 is 5.97 Å². The number of rotatable bonds is 16. The Balaban J connectivity index is 2.14. The Morgan fingerprint density at radius 3 is 2.63 bits per heavy atom. The Morgan fingerprint density at radius 1 is 1.29 bits per heavy atom. The van der Waals surface area contributed by atoms with Gasteiger partial charge in [0.15, 0.2) is 0 Å². The number of carbonyl (C=O) groups excluding carboxylic acids is 1. The van der Waals surface area contributed by atoms with Crippen LogP contribution in [0.2, 0.25) is 0 Å². The normalized spacial score (nSPS) is 14.8. The van der Waals surface area contributed by atoms with Gasteiger partial charge in [0.1, 0.15) is 11.4 Å². The monoisotopic (exact) mass is 627 g/mol. The highest BCUT2D eigenvalue weighted by molar-refractivity contribution is 9.10. The molecule has 8 nitrogen and oxygen atoms in total. The van der Waals surface area contributed by atoms with Crippen molar-refractivity contribution < 1.29 is 19.2 Å². The minimum atomic E-state index is -0.435. The fourth-order valence-electron chi connectivity index (χ4n) is 4.30. The molecule has 1 heterocycles. The van der Waals surface area contributed by atoms with Crippen LogP contribution < -0.4 is 5.32 Å². The second kappa shape index (κ2) is 16.6. The summed E-state index contributed by atoms with van der Waals surface area (Å²) in [5.74, 6) is 0.658. The third-order valence-corrected chi connectivity index (χ3v) is 7.02. The van der Waals surface area contributed by atoms with Gasteiger partial charge < -0.3 is 19.7 Å². The summed E-state index contributed by atoms with van der Waals surface area (Å²) in [6.45, 7) is 17.7. The number of carbonyl (C=O) groups is 1. The number of methoxy groups -OCH3 is 1. The summed E-state index contributed by atoms with van der Waals surface area (Å²) in [4.78, 5) is 25.3. The summed E-state index contributed by atoms with van der Waals surface area (Å²) in [6, 6.07) is 4.87. The number of unbranched alkanes of at least 4 members (excludes halogenated alkanes) is 1. The summed E-state index contributed by atoms with van der Waals surface area (Å²) in [5.41, 5.74) is 3.20. The first-order chi connectivity index (χ1) is 19.5. The van der Waals surface area contributed by atoms with E-state index in [9.17, 15) is 14.9 Å². The first-order valence-electron chi connectivity index (χ1n) is 13.9. The van der Waals surface area contributed by atoms with Crippen LogP contribution in [0.3, 0.4) is 0 Å². The number of halogens is 1. The van der Waals surface area contributed by atoms with Gasteiger partial charge in [-0.05, 0) is 43.4 Å². The molecule has 41 heavy (non-hydrogen) atoms. The van der Waals surface area contributed by atoms with E-state index in [2.05, 4.69) is 62.1 Å². The molecule has 1 aliphatic rings. The summed E-state index contributed by atoms with van der Waals surface area (Å²) < 4.78 is 12.1. The summed E-state index contributed by atoms with van der Waals surface area (Å²) >= 11 is 3.38. The number of benzene rings is 1. The number of nitro benzene ring substituents is 1. The van der Waals surface area contributed by atoms with Crippen molar-refractivity contribution in [3.05, 3.63) is 105 Å². The fraction of sp³-hybridized carbons (Fsp3) is 0.406. The lowest BCUT2D eigenvalue weighted by Crippen LogP contribution is -2.20. The maximum Gasteiger partial charge on any atom is 0.339 e. The Labute approximate surface area is 252 Å². The van der Waals surface area contributed by atoms with Gasteiger partial charge in [-0.2, -0.15) is 0 Å². The van der Waals surface area contributed by atoms with Crippen LogP contribution in [-0.4, -0.2) is 36.1 Å². The molecule has 222 valence electrons. The Morgan fingerprint density at radius 2 is 2.02 bits per heavy atom. The van der Waals surface area contributed by atoms with Gasteiger partial charge in [-0.25, -0.2) is 4.79 Å². The molecule has 1 atom stereocenters. The van der Waals surface area contributed by atoms with Gasteiger partial charge >= 0.3 is 5.97 Å². The van der Waals surface area contributed by atoms with E-state index in [1.54, 1.807) is 30.5 Å². The van der Waals surface area contributed by atoms with Crippen molar-refractivity contribution in [3.63, 3.8) is 0 Å². The van der Waals surface area contributed by atoms with Crippen LogP contribution in [0.5, 0.6) is 0 Å². The van der Waals surface area contributed by atoms with Gasteiger partial charge in [0.2, 0.25) is 0 Å². The minimum absolute atomic E-state index is 0.0515. The Hall–Kier alpha value is -3.59. The molecule has 1 aliphatic heterocycles. The zero-order valence-corrected chi connectivity index (χ0v) is 26.3. The second-order valence-electron chi connectivity index (χ2n) is 10.2. The molecule has 1 aromatic rings. The number of anilines is 1. The van der Waals surface area contributed by atoms with E-state index in [-0.39, 0.29) is 22.4 Å². The number of nitro groups is 1. The zero-order chi connectivity index (χ0) is 30.5. The van der Waals surface area contributed by atoms with E-state index in [0.29, 0.717) is 30.1 Å². The zero-order valence-electron chi connectivity index (χ0n) is 24.7. The van der Waals surface area contributed by atoms with Crippen LogP contribution in [-0.2, 0) is 14.3 Å². The third kappa shape index (κ3) is 9.78. The minimum Gasteiger partial charge on any atom is -0.497 e. The smallest absolute Gasteiger partial charge is 0.339 e. The van der Waals surface area contributed by atoms with Crippen LogP contribution in [0.15, 0.2) is 94.6 Å². The van der Waals surface area contributed by atoms with Gasteiger partial charge in [0.25, 0.3) is 5.69 Å². The molecule has 0 fully saturated rings. The summed E-state index contributed by atoms with van der Waals surface area (Å²) in [7, 11) is 1.36. The van der Waals surface area contributed by atoms with Crippen LogP contribution in [0.25, 0.3) is 0 Å². The highest BCUT2D eigenvalue weighted by Gasteiger charge is 2.24. The van der Waals surface area contributed by atoms with Gasteiger partial charge in [-0.15, -0.1) is 0 Å². The number of hydrogen-bond donors (Lipinski definition) is 1. The predicted molar refractivity (Wildman–Crippen MR) is 169 cm³/mol. The lowest BCUT2D eigenvalue weighted by molar-refractivity contribution is -0.384. The quantitative estimate of drug-likeness (QED) is 0.0491. The molecule has 0 saturated heterocycles. The molecular formula is C32H42BrN3O5. The molecule has 0 amide bonds. The van der Waals surface area contributed by atoms with Crippen molar-refractivity contribution in [1.29, 1.82) is 0 Å². The van der Waals surface area contributed by atoms with Crippen molar-refractivity contribution in [2.24, 2.45) is 11.8 Å². The van der Waals surface area contributed by atoms with Gasteiger partial charge in [-0.1, -0.05) is 75.4 Å². The molecule has 0 bridgehead atoms. The topological polar surface area (TPSA) is 93.9 Å². The second-order valence-corrected chi connectivity index (χ2v) is 11.1. The standard InChI is InChI=1S/C32H42BrN3O5/c1-8-10-11-16-35-21-25(32(37)40-7)18-28(24(35)6)27(9-2)31(22(3)4)41-17-12-13-23(5)20-34-29-19-26(33)14-15-30(29)36(38)39/h9,11,14-16,18-19,21-23,34H,2,6,8,10,12-13,17,20H2,1,3-5,7H3/b16-11-,31-27-. The molecule has 0 radical (unpaired) electrons. The number of hydrogen-bond acceptors (Lipinski definition) is 7. The third-order valence-electron chi connectivity index (χ3n) is 6.52. The first kappa shape index (κ1) is 33.6.